The maximum atomic E-state index is 5.42. The molecule has 0 heterocycles. The fourth-order valence-electron chi connectivity index (χ4n) is 1.63. The number of hydrogen-bond donors (Lipinski definition) is 1. The SMILES string of the molecule is CCCCCCCCCCCCN.[Br-]. The van der Waals surface area contributed by atoms with E-state index in [4.69, 9.17) is 5.73 Å². The molecule has 88 valence electrons. The summed E-state index contributed by atoms with van der Waals surface area (Å²) in [4.78, 5) is 0. The number of nitrogens with two attached hydrogens (primary N) is 1. The highest BCUT2D eigenvalue weighted by atomic mass is 79.9. The van der Waals surface area contributed by atoms with Gasteiger partial charge in [0.05, 0.1) is 0 Å². The lowest BCUT2D eigenvalue weighted by Gasteiger charge is -2.00. The van der Waals surface area contributed by atoms with Crippen LogP contribution in [-0.4, -0.2) is 6.54 Å². The van der Waals surface area contributed by atoms with Crippen LogP contribution in [0.2, 0.25) is 0 Å². The minimum absolute atomic E-state index is 0. The highest BCUT2D eigenvalue weighted by Crippen LogP contribution is 2.09. The van der Waals surface area contributed by atoms with E-state index in [-0.39, 0.29) is 17.0 Å². The van der Waals surface area contributed by atoms with Gasteiger partial charge in [-0.3, -0.25) is 0 Å². The van der Waals surface area contributed by atoms with Gasteiger partial charge >= 0.3 is 0 Å². The zero-order chi connectivity index (χ0) is 9.78. The number of rotatable bonds is 10. The summed E-state index contributed by atoms with van der Waals surface area (Å²) in [5, 5.41) is 0. The quantitative estimate of drug-likeness (QED) is 0.583. The summed E-state index contributed by atoms with van der Waals surface area (Å²) in [7, 11) is 0. The molecule has 0 aliphatic heterocycles. The van der Waals surface area contributed by atoms with Gasteiger partial charge in [-0.05, 0) is 13.0 Å². The molecule has 0 fully saturated rings. The highest BCUT2D eigenvalue weighted by Gasteiger charge is 1.90. The molecule has 0 rings (SSSR count). The van der Waals surface area contributed by atoms with Crippen LogP contribution in [0.25, 0.3) is 0 Å². The molecule has 0 unspecified atom stereocenters. The molecule has 0 spiro atoms. The molecule has 0 aliphatic rings. The molecule has 0 aliphatic carbocycles. The summed E-state index contributed by atoms with van der Waals surface area (Å²) >= 11 is 0. The molecule has 2 N–H and O–H groups in total. The van der Waals surface area contributed by atoms with Crippen molar-refractivity contribution in [2.45, 2.75) is 71.1 Å². The van der Waals surface area contributed by atoms with E-state index in [1.165, 1.54) is 64.2 Å². The largest absolute Gasteiger partial charge is 1.00 e. The Labute approximate surface area is 101 Å². The third-order valence-corrected chi connectivity index (χ3v) is 2.56. The second-order valence-corrected chi connectivity index (χ2v) is 3.97. The predicted molar refractivity (Wildman–Crippen MR) is 60.9 cm³/mol. The lowest BCUT2D eigenvalue weighted by Crippen LogP contribution is -3.00. The van der Waals surface area contributed by atoms with Crippen molar-refractivity contribution in [1.29, 1.82) is 0 Å². The minimum atomic E-state index is 0. The molecule has 0 saturated carbocycles. The molecule has 0 aromatic carbocycles. The Bertz CT molecular complexity index is 76.4. The van der Waals surface area contributed by atoms with Crippen molar-refractivity contribution in [3.63, 3.8) is 0 Å². The molecule has 0 aromatic rings. The van der Waals surface area contributed by atoms with E-state index in [0.29, 0.717) is 0 Å². The second-order valence-electron chi connectivity index (χ2n) is 3.97. The summed E-state index contributed by atoms with van der Waals surface area (Å²) in [6.07, 6.45) is 13.9. The zero-order valence-electron chi connectivity index (χ0n) is 9.73. The van der Waals surface area contributed by atoms with E-state index in [1.807, 2.05) is 0 Å². The third kappa shape index (κ3) is 14.9. The van der Waals surface area contributed by atoms with Crippen LogP contribution >= 0.6 is 0 Å². The van der Waals surface area contributed by atoms with E-state index >= 15 is 0 Å². The lowest BCUT2D eigenvalue weighted by molar-refractivity contribution is -0.00000305. The van der Waals surface area contributed by atoms with Crippen molar-refractivity contribution < 1.29 is 17.0 Å². The molecule has 0 bridgehead atoms. The first-order chi connectivity index (χ1) is 6.41. The van der Waals surface area contributed by atoms with Gasteiger partial charge in [0.2, 0.25) is 0 Å². The zero-order valence-corrected chi connectivity index (χ0v) is 11.3. The summed E-state index contributed by atoms with van der Waals surface area (Å²) in [5.74, 6) is 0. The first kappa shape index (κ1) is 16.9. The van der Waals surface area contributed by atoms with E-state index in [0.717, 1.165) is 6.54 Å². The van der Waals surface area contributed by atoms with Crippen LogP contribution in [0.3, 0.4) is 0 Å². The molecular formula is C12H27BrN-. The smallest absolute Gasteiger partial charge is 0.00773 e. The van der Waals surface area contributed by atoms with Gasteiger partial charge in [0, 0.05) is 0 Å². The fourth-order valence-corrected chi connectivity index (χ4v) is 1.63. The summed E-state index contributed by atoms with van der Waals surface area (Å²) in [6.45, 7) is 3.14. The van der Waals surface area contributed by atoms with Crippen LogP contribution in [0.4, 0.5) is 0 Å². The van der Waals surface area contributed by atoms with E-state index < -0.39 is 0 Å². The Balaban J connectivity index is 0. The van der Waals surface area contributed by atoms with Gasteiger partial charge in [0.25, 0.3) is 0 Å². The highest BCUT2D eigenvalue weighted by molar-refractivity contribution is 4.47. The average Bonchev–Trinajstić information content (AvgIpc) is 2.16. The fraction of sp³-hybridized carbons (Fsp3) is 1.00. The minimum Gasteiger partial charge on any atom is -1.00 e. The monoisotopic (exact) mass is 264 g/mol. The summed E-state index contributed by atoms with van der Waals surface area (Å²) in [5.41, 5.74) is 5.42. The Hall–Kier alpha value is 0.440. The van der Waals surface area contributed by atoms with Crippen LogP contribution in [0.5, 0.6) is 0 Å². The van der Waals surface area contributed by atoms with Gasteiger partial charge in [-0.2, -0.15) is 0 Å². The van der Waals surface area contributed by atoms with Crippen LogP contribution in [0.1, 0.15) is 71.1 Å². The van der Waals surface area contributed by atoms with Crippen molar-refractivity contribution in [1.82, 2.24) is 0 Å². The van der Waals surface area contributed by atoms with Crippen LogP contribution in [-0.2, 0) is 0 Å². The number of hydrogen-bond acceptors (Lipinski definition) is 1. The molecule has 0 atom stereocenters. The van der Waals surface area contributed by atoms with Crippen molar-refractivity contribution >= 4 is 0 Å². The number of unbranched alkanes of at least 4 members (excludes halogenated alkanes) is 9. The molecule has 1 nitrogen and oxygen atoms in total. The first-order valence-corrected chi connectivity index (χ1v) is 6.12. The molecule has 0 aromatic heterocycles. The lowest BCUT2D eigenvalue weighted by atomic mass is 10.1. The van der Waals surface area contributed by atoms with Crippen LogP contribution in [0.15, 0.2) is 0 Å². The Morgan fingerprint density at radius 2 is 1.00 bits per heavy atom. The molecule has 2 heteroatoms. The Kier molecular flexibility index (Phi) is 19.1. The van der Waals surface area contributed by atoms with Gasteiger partial charge in [0.1, 0.15) is 0 Å². The van der Waals surface area contributed by atoms with Crippen molar-refractivity contribution in [3.8, 4) is 0 Å². The molecule has 0 saturated heterocycles. The van der Waals surface area contributed by atoms with E-state index in [1.54, 1.807) is 0 Å². The van der Waals surface area contributed by atoms with Crippen molar-refractivity contribution in [2.24, 2.45) is 5.73 Å². The average molecular weight is 265 g/mol. The maximum Gasteiger partial charge on any atom is -0.00773 e. The Morgan fingerprint density at radius 3 is 1.36 bits per heavy atom. The predicted octanol–water partition coefficient (Wildman–Crippen LogP) is 0.870. The van der Waals surface area contributed by atoms with E-state index in [9.17, 15) is 0 Å². The number of halogens is 1. The molecule has 14 heavy (non-hydrogen) atoms. The van der Waals surface area contributed by atoms with Gasteiger partial charge < -0.3 is 22.7 Å². The summed E-state index contributed by atoms with van der Waals surface area (Å²) < 4.78 is 0. The van der Waals surface area contributed by atoms with Crippen LogP contribution < -0.4 is 22.7 Å². The maximum absolute atomic E-state index is 5.42. The van der Waals surface area contributed by atoms with Gasteiger partial charge in [0.15, 0.2) is 0 Å². The van der Waals surface area contributed by atoms with Gasteiger partial charge in [-0.15, -0.1) is 0 Å². The topological polar surface area (TPSA) is 26.0 Å². The molecule has 0 amide bonds. The standard InChI is InChI=1S/C12H27N.BrH/c1-2-3-4-5-6-7-8-9-10-11-12-13;/h2-13H2,1H3;1H/p-1. The molecular weight excluding hydrogens is 238 g/mol. The van der Waals surface area contributed by atoms with Gasteiger partial charge in [-0.1, -0.05) is 64.7 Å². The van der Waals surface area contributed by atoms with Crippen molar-refractivity contribution in [2.75, 3.05) is 6.54 Å². The first-order valence-electron chi connectivity index (χ1n) is 6.12. The van der Waals surface area contributed by atoms with Gasteiger partial charge in [-0.25, -0.2) is 0 Å². The third-order valence-electron chi connectivity index (χ3n) is 2.56. The van der Waals surface area contributed by atoms with Crippen LogP contribution in [0, 0.1) is 0 Å². The summed E-state index contributed by atoms with van der Waals surface area (Å²) in [6, 6.07) is 0. The Morgan fingerprint density at radius 1 is 0.643 bits per heavy atom. The van der Waals surface area contributed by atoms with Crippen molar-refractivity contribution in [3.05, 3.63) is 0 Å². The molecule has 0 radical (unpaired) electrons. The van der Waals surface area contributed by atoms with E-state index in [2.05, 4.69) is 6.92 Å². The normalized spacial score (nSPS) is 9.86. The second kappa shape index (κ2) is 15.9.